The highest BCUT2D eigenvalue weighted by molar-refractivity contribution is 5.89. The Hall–Kier alpha value is -1.59. The number of carbonyl (C=O) groups excluding carboxylic acids is 1. The number of fused-ring (bicyclic) bond motifs is 1. The number of anilines is 1. The molecule has 3 rings (SSSR count). The van der Waals surface area contributed by atoms with E-state index in [9.17, 15) is 4.79 Å². The number of carbonyl (C=O) groups is 1. The fourth-order valence-electron chi connectivity index (χ4n) is 3.38. The van der Waals surface area contributed by atoms with Gasteiger partial charge < -0.3 is 10.1 Å². The van der Waals surface area contributed by atoms with Crippen LogP contribution in [0.3, 0.4) is 0 Å². The molecule has 0 saturated carbocycles. The van der Waals surface area contributed by atoms with E-state index in [1.54, 1.807) is 4.90 Å². The first-order chi connectivity index (χ1) is 11.4. The highest BCUT2D eigenvalue weighted by Gasteiger charge is 2.27. The molecule has 2 aliphatic heterocycles. The summed E-state index contributed by atoms with van der Waals surface area (Å²) < 4.78 is 5.56. The minimum absolute atomic E-state index is 0.238. The van der Waals surface area contributed by atoms with E-state index < -0.39 is 5.60 Å². The minimum atomic E-state index is -0.461. The van der Waals surface area contributed by atoms with Crippen LogP contribution in [-0.4, -0.2) is 49.3 Å². The van der Waals surface area contributed by atoms with E-state index >= 15 is 0 Å². The average molecular weight is 331 g/mol. The summed E-state index contributed by atoms with van der Waals surface area (Å²) in [4.78, 5) is 16.7. The van der Waals surface area contributed by atoms with Crippen molar-refractivity contribution >= 4 is 11.8 Å². The van der Waals surface area contributed by atoms with Crippen molar-refractivity contribution in [3.63, 3.8) is 0 Å². The van der Waals surface area contributed by atoms with Gasteiger partial charge in [-0.2, -0.15) is 0 Å². The Bertz CT molecular complexity index is 589. The van der Waals surface area contributed by atoms with Crippen molar-refractivity contribution in [1.82, 2.24) is 10.2 Å². The molecule has 2 heterocycles. The largest absolute Gasteiger partial charge is 0.443 e. The minimum Gasteiger partial charge on any atom is -0.443 e. The lowest BCUT2D eigenvalue weighted by atomic mass is 9.99. The van der Waals surface area contributed by atoms with Crippen LogP contribution in [0.15, 0.2) is 18.2 Å². The zero-order chi connectivity index (χ0) is 17.2. The molecule has 0 aromatic heterocycles. The average Bonchev–Trinajstić information content (AvgIpc) is 2.53. The van der Waals surface area contributed by atoms with E-state index in [1.165, 1.54) is 11.1 Å². The van der Waals surface area contributed by atoms with Crippen molar-refractivity contribution < 1.29 is 9.53 Å². The van der Waals surface area contributed by atoms with Gasteiger partial charge in [0.2, 0.25) is 0 Å². The van der Waals surface area contributed by atoms with Gasteiger partial charge in [-0.25, -0.2) is 4.79 Å². The summed E-state index contributed by atoms with van der Waals surface area (Å²) in [5, 5.41) is 3.39. The first-order valence-electron chi connectivity index (χ1n) is 8.98. The predicted molar refractivity (Wildman–Crippen MR) is 96.5 cm³/mol. The summed E-state index contributed by atoms with van der Waals surface area (Å²) >= 11 is 0. The Balaban J connectivity index is 1.73. The van der Waals surface area contributed by atoms with Gasteiger partial charge in [-0.1, -0.05) is 12.1 Å². The molecule has 0 radical (unpaired) electrons. The zero-order valence-electron chi connectivity index (χ0n) is 15.1. The molecule has 0 spiro atoms. The summed E-state index contributed by atoms with van der Waals surface area (Å²) in [5.74, 6) is 0. The molecule has 5 heteroatoms. The summed E-state index contributed by atoms with van der Waals surface area (Å²) in [6, 6.07) is 6.52. The van der Waals surface area contributed by atoms with Crippen LogP contribution < -0.4 is 10.2 Å². The van der Waals surface area contributed by atoms with Crippen molar-refractivity contribution in [1.29, 1.82) is 0 Å². The topological polar surface area (TPSA) is 44.8 Å². The molecule has 0 atom stereocenters. The Labute approximate surface area is 145 Å². The van der Waals surface area contributed by atoms with Crippen molar-refractivity contribution in [2.75, 3.05) is 37.6 Å². The SMILES string of the molecule is CC(C)(C)OC(=O)N1CCCc2cc(CN3CCNCC3)ccc21. The highest BCUT2D eigenvalue weighted by atomic mass is 16.6. The third kappa shape index (κ3) is 4.28. The lowest BCUT2D eigenvalue weighted by molar-refractivity contribution is 0.0578. The van der Waals surface area contributed by atoms with E-state index in [2.05, 4.69) is 28.4 Å². The number of ether oxygens (including phenoxy) is 1. The van der Waals surface area contributed by atoms with Crippen molar-refractivity contribution in [3.05, 3.63) is 29.3 Å². The Morgan fingerprint density at radius 1 is 1.21 bits per heavy atom. The van der Waals surface area contributed by atoms with Gasteiger partial charge in [-0.15, -0.1) is 0 Å². The van der Waals surface area contributed by atoms with Crippen molar-refractivity contribution in [3.8, 4) is 0 Å². The number of nitrogens with zero attached hydrogens (tertiary/aromatic N) is 2. The maximum absolute atomic E-state index is 12.5. The van der Waals surface area contributed by atoms with Gasteiger partial charge in [0.1, 0.15) is 5.60 Å². The summed E-state index contributed by atoms with van der Waals surface area (Å²) in [6.45, 7) is 11.8. The van der Waals surface area contributed by atoms with E-state index in [-0.39, 0.29) is 6.09 Å². The number of benzene rings is 1. The molecule has 0 aliphatic carbocycles. The van der Waals surface area contributed by atoms with Crippen LogP contribution >= 0.6 is 0 Å². The lowest BCUT2D eigenvalue weighted by Crippen LogP contribution is -2.43. The van der Waals surface area contributed by atoms with Gasteiger partial charge in [0.05, 0.1) is 5.69 Å². The van der Waals surface area contributed by atoms with Gasteiger partial charge in [0, 0.05) is 39.3 Å². The highest BCUT2D eigenvalue weighted by Crippen LogP contribution is 2.30. The van der Waals surface area contributed by atoms with E-state index in [1.807, 2.05) is 20.8 Å². The molecule has 1 N–H and O–H groups in total. The molecule has 0 bridgehead atoms. The molecule has 1 aromatic carbocycles. The fraction of sp³-hybridized carbons (Fsp3) is 0.632. The second-order valence-corrected chi connectivity index (χ2v) is 7.72. The Morgan fingerprint density at radius 2 is 1.96 bits per heavy atom. The first-order valence-corrected chi connectivity index (χ1v) is 8.98. The van der Waals surface area contributed by atoms with Gasteiger partial charge in [0.25, 0.3) is 0 Å². The maximum Gasteiger partial charge on any atom is 0.414 e. The molecule has 1 amide bonds. The quantitative estimate of drug-likeness (QED) is 0.905. The first kappa shape index (κ1) is 17.2. The number of nitrogens with one attached hydrogen (secondary N) is 1. The molecule has 132 valence electrons. The van der Waals surface area contributed by atoms with Crippen LogP contribution in [0.25, 0.3) is 0 Å². The zero-order valence-corrected chi connectivity index (χ0v) is 15.1. The summed E-state index contributed by atoms with van der Waals surface area (Å²) in [5.41, 5.74) is 3.15. The van der Waals surface area contributed by atoms with Crippen LogP contribution in [-0.2, 0) is 17.7 Å². The third-order valence-electron chi connectivity index (χ3n) is 4.49. The molecule has 1 fully saturated rings. The fourth-order valence-corrected chi connectivity index (χ4v) is 3.38. The standard InChI is InChI=1S/C19H29N3O2/c1-19(2,3)24-18(23)22-10-4-5-16-13-15(6-7-17(16)22)14-21-11-8-20-9-12-21/h6-7,13,20H,4-5,8-12,14H2,1-3H3. The van der Waals surface area contributed by atoms with Gasteiger partial charge in [0.15, 0.2) is 0 Å². The van der Waals surface area contributed by atoms with Crippen molar-refractivity contribution in [2.24, 2.45) is 0 Å². The number of piperazine rings is 1. The summed E-state index contributed by atoms with van der Waals surface area (Å²) in [6.07, 6.45) is 1.78. The molecule has 1 saturated heterocycles. The third-order valence-corrected chi connectivity index (χ3v) is 4.49. The molecular formula is C19H29N3O2. The maximum atomic E-state index is 12.5. The number of hydrogen-bond acceptors (Lipinski definition) is 4. The predicted octanol–water partition coefficient (Wildman–Crippen LogP) is 2.78. The smallest absolute Gasteiger partial charge is 0.414 e. The molecule has 2 aliphatic rings. The normalized spacial score (nSPS) is 19.0. The molecule has 1 aromatic rings. The number of aryl methyl sites for hydroxylation is 1. The van der Waals surface area contributed by atoms with Crippen molar-refractivity contribution in [2.45, 2.75) is 45.8 Å². The number of hydrogen-bond donors (Lipinski definition) is 1. The summed E-state index contributed by atoms with van der Waals surface area (Å²) in [7, 11) is 0. The Kier molecular flexibility index (Phi) is 5.11. The van der Waals surface area contributed by atoms with E-state index in [0.717, 1.165) is 57.8 Å². The number of rotatable bonds is 2. The second kappa shape index (κ2) is 7.11. The van der Waals surface area contributed by atoms with E-state index in [4.69, 9.17) is 4.74 Å². The Morgan fingerprint density at radius 3 is 2.67 bits per heavy atom. The molecule has 5 nitrogen and oxygen atoms in total. The van der Waals surface area contributed by atoms with Gasteiger partial charge in [-0.3, -0.25) is 9.80 Å². The van der Waals surface area contributed by atoms with E-state index in [0.29, 0.717) is 0 Å². The van der Waals surface area contributed by atoms with Crippen LogP contribution in [0.5, 0.6) is 0 Å². The van der Waals surface area contributed by atoms with Crippen LogP contribution in [0, 0.1) is 0 Å². The lowest BCUT2D eigenvalue weighted by Gasteiger charge is -2.32. The monoisotopic (exact) mass is 331 g/mol. The van der Waals surface area contributed by atoms with Gasteiger partial charge >= 0.3 is 6.09 Å². The second-order valence-electron chi connectivity index (χ2n) is 7.72. The van der Waals surface area contributed by atoms with Gasteiger partial charge in [-0.05, 0) is 50.8 Å². The van der Waals surface area contributed by atoms with Crippen LogP contribution in [0.4, 0.5) is 10.5 Å². The van der Waals surface area contributed by atoms with Crippen LogP contribution in [0.2, 0.25) is 0 Å². The molecule has 0 unspecified atom stereocenters. The molecular weight excluding hydrogens is 302 g/mol. The number of amides is 1. The van der Waals surface area contributed by atoms with Crippen LogP contribution in [0.1, 0.15) is 38.3 Å². The molecule has 24 heavy (non-hydrogen) atoms.